The van der Waals surface area contributed by atoms with Gasteiger partial charge in [0, 0.05) is 35.8 Å². The number of nitrogens with one attached hydrogen (secondary N) is 1. The van der Waals surface area contributed by atoms with E-state index in [-0.39, 0.29) is 12.2 Å². The van der Waals surface area contributed by atoms with Gasteiger partial charge in [0.25, 0.3) is 0 Å². The van der Waals surface area contributed by atoms with Crippen molar-refractivity contribution in [1.29, 1.82) is 0 Å². The van der Waals surface area contributed by atoms with E-state index in [1.165, 1.54) is 12.3 Å². The smallest absolute Gasteiger partial charge is 0.228 e. The maximum Gasteiger partial charge on any atom is 0.228 e. The molecule has 0 saturated carbocycles. The van der Waals surface area contributed by atoms with E-state index in [1.54, 1.807) is 23.0 Å². The second kappa shape index (κ2) is 8.67. The number of nitrogens with two attached hydrogens (primary N) is 1. The molecule has 4 aromatic rings. The Balaban J connectivity index is 1.44. The van der Waals surface area contributed by atoms with Crippen molar-refractivity contribution < 1.29 is 9.13 Å². The van der Waals surface area contributed by atoms with Crippen LogP contribution in [-0.4, -0.2) is 36.3 Å². The van der Waals surface area contributed by atoms with E-state index < -0.39 is 5.95 Å². The number of hydrogen-bond donors (Lipinski definition) is 2. The number of nitrogen functional groups attached to an aromatic ring is 1. The van der Waals surface area contributed by atoms with Gasteiger partial charge in [-0.2, -0.15) is 9.37 Å². The maximum absolute atomic E-state index is 13.2. The highest BCUT2D eigenvalue weighted by atomic mass is 19.1. The zero-order valence-electron chi connectivity index (χ0n) is 17.1. The lowest BCUT2D eigenvalue weighted by Crippen LogP contribution is -2.20. The van der Waals surface area contributed by atoms with Crippen LogP contribution < -0.4 is 11.1 Å². The summed E-state index contributed by atoms with van der Waals surface area (Å²) in [6, 6.07) is 12.4. The molecule has 0 radical (unpaired) electrons. The van der Waals surface area contributed by atoms with Gasteiger partial charge in [-0.25, -0.2) is 19.6 Å². The fourth-order valence-corrected chi connectivity index (χ4v) is 3.54. The molecule has 0 aliphatic carbocycles. The summed E-state index contributed by atoms with van der Waals surface area (Å²) >= 11 is 0. The van der Waals surface area contributed by atoms with E-state index >= 15 is 0 Å². The first-order chi connectivity index (χ1) is 15.7. The number of halogens is 1. The number of anilines is 3. The molecular formula is C22H21FN8O. The topological polar surface area (TPSA) is 117 Å². The molecule has 1 saturated heterocycles. The van der Waals surface area contributed by atoms with Crippen LogP contribution in [-0.2, 0) is 4.74 Å². The van der Waals surface area contributed by atoms with Crippen LogP contribution in [0, 0.1) is 5.95 Å². The zero-order chi connectivity index (χ0) is 21.9. The van der Waals surface area contributed by atoms with Gasteiger partial charge in [0.05, 0.1) is 5.69 Å². The third-order valence-corrected chi connectivity index (χ3v) is 5.16. The van der Waals surface area contributed by atoms with Gasteiger partial charge in [0.15, 0.2) is 12.1 Å². The summed E-state index contributed by atoms with van der Waals surface area (Å²) in [5.74, 6) is 0.665. The molecule has 1 aliphatic rings. The van der Waals surface area contributed by atoms with Gasteiger partial charge in [0.1, 0.15) is 0 Å². The molecule has 32 heavy (non-hydrogen) atoms. The molecule has 1 fully saturated rings. The van der Waals surface area contributed by atoms with Crippen molar-refractivity contribution in [2.45, 2.75) is 25.5 Å². The van der Waals surface area contributed by atoms with E-state index in [9.17, 15) is 4.39 Å². The standard InChI is InChI=1S/C22H21FN8O/c23-18-9-6-15(13-26-18)20-29-22(31(30-20)19-3-1-2-12-32-19)27-16-7-4-14(5-8-16)17-10-11-25-21(24)28-17/h4-11,13,19H,1-3,12H2,(H2,24,25,28)(H,27,29,30). The summed E-state index contributed by atoms with van der Waals surface area (Å²) in [5, 5.41) is 7.95. The lowest BCUT2D eigenvalue weighted by Gasteiger charge is -2.23. The number of rotatable bonds is 5. The lowest BCUT2D eigenvalue weighted by molar-refractivity contribution is -0.0380. The summed E-state index contributed by atoms with van der Waals surface area (Å²) < 4.78 is 20.9. The van der Waals surface area contributed by atoms with Crippen molar-refractivity contribution in [3.8, 4) is 22.6 Å². The second-order valence-corrected chi connectivity index (χ2v) is 7.40. The summed E-state index contributed by atoms with van der Waals surface area (Å²) in [7, 11) is 0. The third kappa shape index (κ3) is 4.26. The minimum absolute atomic E-state index is 0.218. The van der Waals surface area contributed by atoms with Gasteiger partial charge < -0.3 is 15.8 Å². The first-order valence-electron chi connectivity index (χ1n) is 10.3. The summed E-state index contributed by atoms with van der Waals surface area (Å²) in [6.45, 7) is 0.675. The quantitative estimate of drug-likeness (QED) is 0.455. The summed E-state index contributed by atoms with van der Waals surface area (Å²) in [5.41, 5.74) is 8.79. The molecule has 162 valence electrons. The Morgan fingerprint density at radius 1 is 1.00 bits per heavy atom. The van der Waals surface area contributed by atoms with Crippen molar-refractivity contribution in [2.75, 3.05) is 17.7 Å². The van der Waals surface area contributed by atoms with E-state index in [0.717, 1.165) is 36.2 Å². The van der Waals surface area contributed by atoms with Crippen molar-refractivity contribution in [1.82, 2.24) is 29.7 Å². The second-order valence-electron chi connectivity index (χ2n) is 7.40. The normalized spacial score (nSPS) is 16.1. The molecule has 1 aromatic carbocycles. The molecule has 3 N–H and O–H groups in total. The van der Waals surface area contributed by atoms with Crippen LogP contribution in [0.4, 0.5) is 22.0 Å². The van der Waals surface area contributed by atoms with E-state index in [0.29, 0.717) is 23.9 Å². The van der Waals surface area contributed by atoms with Gasteiger partial charge in [-0.15, -0.1) is 5.10 Å². The van der Waals surface area contributed by atoms with Gasteiger partial charge in [-0.05, 0) is 49.6 Å². The van der Waals surface area contributed by atoms with E-state index in [4.69, 9.17) is 10.5 Å². The number of benzene rings is 1. The number of pyridine rings is 1. The van der Waals surface area contributed by atoms with Crippen LogP contribution >= 0.6 is 0 Å². The zero-order valence-corrected chi connectivity index (χ0v) is 17.1. The average Bonchev–Trinajstić information content (AvgIpc) is 3.24. The van der Waals surface area contributed by atoms with Crippen LogP contribution in [0.2, 0.25) is 0 Å². The molecule has 1 atom stereocenters. The highest BCUT2D eigenvalue weighted by molar-refractivity contribution is 5.65. The number of ether oxygens (including phenoxy) is 1. The van der Waals surface area contributed by atoms with Crippen molar-refractivity contribution in [3.63, 3.8) is 0 Å². The van der Waals surface area contributed by atoms with Crippen LogP contribution in [0.3, 0.4) is 0 Å². The SMILES string of the molecule is Nc1nccc(-c2ccc(Nc3nc(-c4ccc(F)nc4)nn3C3CCCCO3)cc2)n1. The molecular weight excluding hydrogens is 411 g/mol. The minimum atomic E-state index is -0.548. The highest BCUT2D eigenvalue weighted by Gasteiger charge is 2.22. The number of nitrogens with zero attached hydrogens (tertiary/aromatic N) is 6. The predicted molar refractivity (Wildman–Crippen MR) is 117 cm³/mol. The average molecular weight is 432 g/mol. The Labute approximate surface area is 183 Å². The van der Waals surface area contributed by atoms with Gasteiger partial charge >= 0.3 is 0 Å². The Kier molecular flexibility index (Phi) is 5.42. The first kappa shape index (κ1) is 20.0. The molecule has 5 rings (SSSR count). The Bertz CT molecular complexity index is 1200. The largest absolute Gasteiger partial charge is 0.368 e. The molecule has 0 amide bonds. The van der Waals surface area contributed by atoms with Crippen LogP contribution in [0.25, 0.3) is 22.6 Å². The Hall–Kier alpha value is -3.92. The van der Waals surface area contributed by atoms with Crippen molar-refractivity contribution in [2.24, 2.45) is 0 Å². The summed E-state index contributed by atoms with van der Waals surface area (Å²) in [4.78, 5) is 16.5. The molecule has 10 heteroatoms. The van der Waals surface area contributed by atoms with E-state index in [2.05, 4.69) is 30.4 Å². The van der Waals surface area contributed by atoms with Gasteiger partial charge in [-0.1, -0.05) is 12.1 Å². The fourth-order valence-electron chi connectivity index (χ4n) is 3.54. The Morgan fingerprint density at radius 2 is 1.84 bits per heavy atom. The molecule has 0 spiro atoms. The fraction of sp³-hybridized carbons (Fsp3) is 0.227. The highest BCUT2D eigenvalue weighted by Crippen LogP contribution is 2.29. The van der Waals surface area contributed by atoms with Crippen LogP contribution in [0.5, 0.6) is 0 Å². The Morgan fingerprint density at radius 3 is 2.56 bits per heavy atom. The van der Waals surface area contributed by atoms with Crippen LogP contribution in [0.1, 0.15) is 25.5 Å². The first-order valence-corrected chi connectivity index (χ1v) is 10.3. The molecule has 1 aliphatic heterocycles. The monoisotopic (exact) mass is 432 g/mol. The van der Waals surface area contributed by atoms with Crippen molar-refractivity contribution in [3.05, 3.63) is 60.8 Å². The van der Waals surface area contributed by atoms with E-state index in [1.807, 2.05) is 24.3 Å². The molecule has 3 aromatic heterocycles. The van der Waals surface area contributed by atoms with Crippen LogP contribution in [0.15, 0.2) is 54.9 Å². The number of hydrogen-bond acceptors (Lipinski definition) is 8. The van der Waals surface area contributed by atoms with Gasteiger partial charge in [0.2, 0.25) is 17.8 Å². The lowest BCUT2D eigenvalue weighted by atomic mass is 10.1. The number of aromatic nitrogens is 6. The molecule has 4 heterocycles. The van der Waals surface area contributed by atoms with Gasteiger partial charge in [-0.3, -0.25) is 0 Å². The van der Waals surface area contributed by atoms with Crippen molar-refractivity contribution >= 4 is 17.6 Å². The predicted octanol–water partition coefficient (Wildman–Crippen LogP) is 3.96. The maximum atomic E-state index is 13.2. The molecule has 1 unspecified atom stereocenters. The minimum Gasteiger partial charge on any atom is -0.368 e. The molecule has 9 nitrogen and oxygen atoms in total. The molecule has 0 bridgehead atoms. The summed E-state index contributed by atoms with van der Waals surface area (Å²) in [6.07, 6.45) is 5.74. The third-order valence-electron chi connectivity index (χ3n) is 5.16.